The monoisotopic (exact) mass is 838 g/mol. The maximum absolute atomic E-state index is 13.4. The van der Waals surface area contributed by atoms with E-state index in [1.165, 1.54) is 128 Å². The molecule has 2 N–H and O–H groups in total. The minimum Gasteiger partial charge on any atom is -0.378 e. The second-order valence-corrected chi connectivity index (χ2v) is 17.6. The van der Waals surface area contributed by atoms with Gasteiger partial charge in [-0.2, -0.15) is 0 Å². The van der Waals surface area contributed by atoms with Crippen LogP contribution in [0.3, 0.4) is 0 Å². The van der Waals surface area contributed by atoms with Gasteiger partial charge in [0.1, 0.15) is 5.78 Å². The quantitative estimate of drug-likeness (QED) is 0.0610. The van der Waals surface area contributed by atoms with Gasteiger partial charge in [-0.25, -0.2) is 0 Å². The number of ketones is 1. The third-order valence-electron chi connectivity index (χ3n) is 12.0. The van der Waals surface area contributed by atoms with E-state index in [0.717, 1.165) is 103 Å². The maximum Gasteiger partial charge on any atom is 0.222 e. The molecule has 0 aliphatic rings. The molecule has 59 heavy (non-hydrogen) atoms. The summed E-state index contributed by atoms with van der Waals surface area (Å²) >= 11 is 0. The average molecular weight is 838 g/mol. The Morgan fingerprint density at radius 1 is 0.407 bits per heavy atom. The van der Waals surface area contributed by atoms with Gasteiger partial charge < -0.3 is 29.7 Å². The van der Waals surface area contributed by atoms with Crippen LogP contribution < -0.4 is 5.73 Å². The minimum atomic E-state index is 0.277. The number of rotatable bonds is 50. The van der Waals surface area contributed by atoms with Crippen LogP contribution >= 0.6 is 0 Å². The van der Waals surface area contributed by atoms with E-state index in [9.17, 15) is 9.59 Å². The standard InChI is InChI=1S/C51H103N3O5/c1-5-9-13-17-20-26-34-49(33-25-16-12-8-4)50(55)35-27-23-29-38-53(42-44-58-46-48-59-47-45-57-43-37-52)39-30-24-28-36-51(56)54(40-31-21-18-14-10-6-2)41-32-22-19-15-11-7-3/h49H,5-48,52H2,1-4H3. The fraction of sp³-hybridized carbons (Fsp3) is 0.961. The molecule has 0 aliphatic heterocycles. The maximum atomic E-state index is 13.4. The zero-order valence-electron chi connectivity index (χ0n) is 40.2. The van der Waals surface area contributed by atoms with Crippen molar-refractivity contribution in [2.45, 2.75) is 233 Å². The molecule has 352 valence electrons. The molecule has 0 bridgehead atoms. The van der Waals surface area contributed by atoms with Crippen molar-refractivity contribution in [3.63, 3.8) is 0 Å². The van der Waals surface area contributed by atoms with Crippen molar-refractivity contribution in [2.24, 2.45) is 11.7 Å². The second kappa shape index (κ2) is 48.0. The summed E-state index contributed by atoms with van der Waals surface area (Å²) in [5.41, 5.74) is 5.48. The van der Waals surface area contributed by atoms with Gasteiger partial charge in [0, 0.05) is 44.9 Å². The molecule has 0 aromatic heterocycles. The van der Waals surface area contributed by atoms with Gasteiger partial charge in [-0.05, 0) is 64.5 Å². The Balaban J connectivity index is 4.89. The number of carbonyl (C=O) groups excluding carboxylic acids is 2. The van der Waals surface area contributed by atoms with Gasteiger partial charge in [0.25, 0.3) is 0 Å². The summed E-state index contributed by atoms with van der Waals surface area (Å²) < 4.78 is 17.0. The third-order valence-corrected chi connectivity index (χ3v) is 12.0. The predicted octanol–water partition coefficient (Wildman–Crippen LogP) is 12.9. The number of Topliss-reactive ketones (excluding diaryl/α,β-unsaturated/α-hetero) is 1. The summed E-state index contributed by atoms with van der Waals surface area (Å²) in [6.45, 7) is 18.0. The number of nitrogens with zero attached hydrogens (tertiary/aromatic N) is 2. The molecule has 0 radical (unpaired) electrons. The second-order valence-electron chi connectivity index (χ2n) is 17.6. The molecule has 1 amide bonds. The van der Waals surface area contributed by atoms with E-state index < -0.39 is 0 Å². The highest BCUT2D eigenvalue weighted by atomic mass is 16.5. The van der Waals surface area contributed by atoms with Crippen molar-refractivity contribution in [3.05, 3.63) is 0 Å². The molecule has 1 unspecified atom stereocenters. The van der Waals surface area contributed by atoms with E-state index in [1.54, 1.807) is 0 Å². The van der Waals surface area contributed by atoms with E-state index in [-0.39, 0.29) is 5.92 Å². The Hall–Kier alpha value is -1.06. The summed E-state index contributed by atoms with van der Waals surface area (Å²) in [5, 5.41) is 0. The molecule has 0 aliphatic carbocycles. The highest BCUT2D eigenvalue weighted by Crippen LogP contribution is 2.22. The van der Waals surface area contributed by atoms with E-state index in [2.05, 4.69) is 37.5 Å². The van der Waals surface area contributed by atoms with Crippen molar-refractivity contribution < 1.29 is 23.8 Å². The first-order chi connectivity index (χ1) is 29.0. The van der Waals surface area contributed by atoms with Crippen molar-refractivity contribution >= 4 is 11.7 Å². The first-order valence-electron chi connectivity index (χ1n) is 26.0. The van der Waals surface area contributed by atoms with Crippen LogP contribution in [0.15, 0.2) is 0 Å². The van der Waals surface area contributed by atoms with Crippen LogP contribution in [0.4, 0.5) is 0 Å². The van der Waals surface area contributed by atoms with Gasteiger partial charge >= 0.3 is 0 Å². The Bertz CT molecular complexity index is 845. The molecule has 0 aromatic carbocycles. The van der Waals surface area contributed by atoms with E-state index in [0.29, 0.717) is 64.3 Å². The lowest BCUT2D eigenvalue weighted by Gasteiger charge is -2.24. The fourth-order valence-corrected chi connectivity index (χ4v) is 8.10. The lowest BCUT2D eigenvalue weighted by Crippen LogP contribution is -2.33. The Morgan fingerprint density at radius 2 is 0.780 bits per heavy atom. The average Bonchev–Trinajstić information content (AvgIpc) is 3.24. The molecular formula is C51H103N3O5. The molecule has 0 heterocycles. The molecular weight excluding hydrogens is 735 g/mol. The number of carbonyl (C=O) groups is 2. The smallest absolute Gasteiger partial charge is 0.222 e. The number of amides is 1. The number of unbranched alkanes of at least 4 members (excludes halogenated alkanes) is 22. The van der Waals surface area contributed by atoms with Gasteiger partial charge in [-0.15, -0.1) is 0 Å². The third kappa shape index (κ3) is 40.8. The summed E-state index contributed by atoms with van der Waals surface area (Å²) in [5.74, 6) is 1.18. The Labute approximate surface area is 368 Å². The van der Waals surface area contributed by atoms with Crippen LogP contribution in [0.25, 0.3) is 0 Å². The van der Waals surface area contributed by atoms with E-state index in [1.807, 2.05) is 0 Å². The van der Waals surface area contributed by atoms with Crippen LogP contribution in [0, 0.1) is 5.92 Å². The number of nitrogens with two attached hydrogens (primary N) is 1. The summed E-state index contributed by atoms with van der Waals surface area (Å²) in [6, 6.07) is 0. The molecule has 0 saturated heterocycles. The number of hydrogen-bond acceptors (Lipinski definition) is 7. The lowest BCUT2D eigenvalue weighted by molar-refractivity contribution is -0.131. The highest BCUT2D eigenvalue weighted by molar-refractivity contribution is 5.80. The van der Waals surface area contributed by atoms with E-state index in [4.69, 9.17) is 19.9 Å². The van der Waals surface area contributed by atoms with E-state index >= 15 is 0 Å². The van der Waals surface area contributed by atoms with Gasteiger partial charge in [0.15, 0.2) is 0 Å². The van der Waals surface area contributed by atoms with Crippen LogP contribution in [0.5, 0.6) is 0 Å². The van der Waals surface area contributed by atoms with Crippen molar-refractivity contribution in [2.75, 3.05) is 78.9 Å². The summed E-state index contributed by atoms with van der Waals surface area (Å²) in [4.78, 5) is 31.6. The summed E-state index contributed by atoms with van der Waals surface area (Å²) in [6.07, 6.45) is 38.0. The van der Waals surface area contributed by atoms with Crippen LogP contribution in [0.2, 0.25) is 0 Å². The highest BCUT2D eigenvalue weighted by Gasteiger charge is 2.18. The van der Waals surface area contributed by atoms with Crippen molar-refractivity contribution in [1.82, 2.24) is 9.80 Å². The van der Waals surface area contributed by atoms with Gasteiger partial charge in [-0.1, -0.05) is 169 Å². The topological polar surface area (TPSA) is 94.3 Å². The van der Waals surface area contributed by atoms with Crippen molar-refractivity contribution in [1.29, 1.82) is 0 Å². The van der Waals surface area contributed by atoms with Crippen LogP contribution in [0.1, 0.15) is 233 Å². The Morgan fingerprint density at radius 3 is 1.27 bits per heavy atom. The van der Waals surface area contributed by atoms with Gasteiger partial charge in [0.05, 0.1) is 39.6 Å². The molecule has 0 aromatic rings. The molecule has 1 atom stereocenters. The number of hydrogen-bond donors (Lipinski definition) is 1. The molecule has 0 rings (SSSR count). The molecule has 8 nitrogen and oxygen atoms in total. The lowest BCUT2D eigenvalue weighted by atomic mass is 9.88. The zero-order chi connectivity index (χ0) is 43.1. The largest absolute Gasteiger partial charge is 0.378 e. The zero-order valence-corrected chi connectivity index (χ0v) is 40.2. The summed E-state index contributed by atoms with van der Waals surface area (Å²) in [7, 11) is 0. The normalized spacial score (nSPS) is 12.2. The molecule has 0 saturated carbocycles. The number of ether oxygens (including phenoxy) is 3. The molecule has 0 fully saturated rings. The minimum absolute atomic E-state index is 0.277. The SMILES string of the molecule is CCCCCCCCC(CCCCCC)C(=O)CCCCCN(CCCCCC(=O)N(CCCCCCCC)CCCCCCCC)CCOCCOCCOCCN. The van der Waals surface area contributed by atoms with Gasteiger partial charge in [-0.3, -0.25) is 9.59 Å². The Kier molecular flexibility index (Phi) is 47.1. The molecule has 0 spiro atoms. The predicted molar refractivity (Wildman–Crippen MR) is 253 cm³/mol. The fourth-order valence-electron chi connectivity index (χ4n) is 8.10. The van der Waals surface area contributed by atoms with Crippen LogP contribution in [-0.4, -0.2) is 100 Å². The first-order valence-corrected chi connectivity index (χ1v) is 26.0. The first kappa shape index (κ1) is 57.9. The molecule has 8 heteroatoms. The van der Waals surface area contributed by atoms with Crippen molar-refractivity contribution in [3.8, 4) is 0 Å². The van der Waals surface area contributed by atoms with Gasteiger partial charge in [0.2, 0.25) is 5.91 Å². The van der Waals surface area contributed by atoms with Crippen LogP contribution in [-0.2, 0) is 23.8 Å².